The third-order valence-corrected chi connectivity index (χ3v) is 8.36. The molecule has 0 fully saturated rings. The van der Waals surface area contributed by atoms with Crippen molar-refractivity contribution in [3.8, 4) is 11.1 Å². The summed E-state index contributed by atoms with van der Waals surface area (Å²) in [5, 5.41) is 22.9. The maximum absolute atomic E-state index is 11.5. The Labute approximate surface area is 237 Å². The molecular weight excluding hydrogens is 508 g/mol. The largest absolute Gasteiger partial charge is 0.481 e. The van der Waals surface area contributed by atoms with Gasteiger partial charge < -0.3 is 10.2 Å². The molecule has 41 heavy (non-hydrogen) atoms. The summed E-state index contributed by atoms with van der Waals surface area (Å²) in [4.78, 5) is 22.9. The summed E-state index contributed by atoms with van der Waals surface area (Å²) < 4.78 is 0. The summed E-state index contributed by atoms with van der Waals surface area (Å²) in [6.45, 7) is 0. The minimum atomic E-state index is -0.853. The highest BCUT2D eigenvalue weighted by molar-refractivity contribution is 5.99. The molecule has 6 aromatic rings. The van der Waals surface area contributed by atoms with E-state index in [-0.39, 0.29) is 12.8 Å². The molecule has 2 N–H and O–H groups in total. The zero-order valence-electron chi connectivity index (χ0n) is 22.2. The maximum atomic E-state index is 11.5. The summed E-state index contributed by atoms with van der Waals surface area (Å²) in [5.74, 6) is -1.71. The van der Waals surface area contributed by atoms with E-state index in [1.165, 1.54) is 22.3 Å². The first-order valence-corrected chi connectivity index (χ1v) is 13.6. The number of hydrogen-bond acceptors (Lipinski definition) is 2. The highest BCUT2D eigenvalue weighted by atomic mass is 16.4. The van der Waals surface area contributed by atoms with Crippen molar-refractivity contribution in [2.45, 2.75) is 18.3 Å². The Morgan fingerprint density at radius 2 is 0.902 bits per heavy atom. The Balaban J connectivity index is 1.61. The molecule has 0 atom stereocenters. The monoisotopic (exact) mass is 534 g/mol. The van der Waals surface area contributed by atoms with Crippen LogP contribution in [0.1, 0.15) is 33.4 Å². The Hall–Kier alpha value is -5.22. The molecule has 6 aromatic carbocycles. The fraction of sp³-hybridized carbons (Fsp3) is 0.0811. The van der Waals surface area contributed by atoms with E-state index in [4.69, 9.17) is 0 Å². The second-order valence-corrected chi connectivity index (χ2v) is 10.7. The van der Waals surface area contributed by atoms with Crippen molar-refractivity contribution in [2.75, 3.05) is 0 Å². The minimum absolute atomic E-state index is 0.0288. The van der Waals surface area contributed by atoms with E-state index in [0.29, 0.717) is 0 Å². The molecule has 0 spiro atoms. The number of carboxylic acid groups (broad SMARTS) is 2. The van der Waals surface area contributed by atoms with Crippen LogP contribution in [0.3, 0.4) is 0 Å². The third-order valence-electron chi connectivity index (χ3n) is 8.36. The standard InChI is InChI=1S/C37H26O4/c38-35(39)21-23-15-17-27-25(19-23)7-5-13-31(27)37(33-11-3-1-9-29(33)30-10-2-4-12-34(30)37)32-14-6-8-26-20-24(22-36(40)41)16-18-28(26)32/h1-20H,21-22H2,(H,38,39)(H,40,41). The van der Waals surface area contributed by atoms with Gasteiger partial charge in [-0.05, 0) is 66.1 Å². The lowest BCUT2D eigenvalue weighted by atomic mass is 9.65. The van der Waals surface area contributed by atoms with Gasteiger partial charge in [-0.1, -0.05) is 121 Å². The van der Waals surface area contributed by atoms with Gasteiger partial charge in [0.05, 0.1) is 18.3 Å². The molecule has 0 radical (unpaired) electrons. The van der Waals surface area contributed by atoms with Crippen LogP contribution in [0.15, 0.2) is 121 Å². The fourth-order valence-corrected chi connectivity index (χ4v) is 6.85. The molecule has 0 saturated heterocycles. The first-order chi connectivity index (χ1) is 20.0. The maximum Gasteiger partial charge on any atom is 0.307 e. The molecule has 0 aliphatic heterocycles. The molecule has 1 aliphatic carbocycles. The van der Waals surface area contributed by atoms with Crippen molar-refractivity contribution < 1.29 is 19.8 Å². The molecule has 0 amide bonds. The molecule has 1 aliphatic rings. The number of carboxylic acids is 2. The zero-order valence-corrected chi connectivity index (χ0v) is 22.2. The fourth-order valence-electron chi connectivity index (χ4n) is 6.85. The summed E-state index contributed by atoms with van der Waals surface area (Å²) in [6, 6.07) is 41.6. The Morgan fingerprint density at radius 3 is 1.34 bits per heavy atom. The Morgan fingerprint density at radius 1 is 0.488 bits per heavy atom. The second kappa shape index (κ2) is 9.46. The van der Waals surface area contributed by atoms with Gasteiger partial charge in [-0.2, -0.15) is 0 Å². The molecule has 0 aromatic heterocycles. The van der Waals surface area contributed by atoms with Gasteiger partial charge in [0.15, 0.2) is 0 Å². The van der Waals surface area contributed by atoms with E-state index in [1.807, 2.05) is 36.4 Å². The molecule has 198 valence electrons. The topological polar surface area (TPSA) is 74.6 Å². The smallest absolute Gasteiger partial charge is 0.307 e. The first kappa shape index (κ1) is 24.8. The van der Waals surface area contributed by atoms with Crippen LogP contribution < -0.4 is 0 Å². The molecular formula is C37H26O4. The third kappa shape index (κ3) is 3.83. The summed E-state index contributed by atoms with van der Waals surface area (Å²) in [7, 11) is 0. The van der Waals surface area contributed by atoms with E-state index in [0.717, 1.165) is 43.8 Å². The van der Waals surface area contributed by atoms with Gasteiger partial charge in [0.1, 0.15) is 0 Å². The number of fused-ring (bicyclic) bond motifs is 5. The average molecular weight is 535 g/mol. The normalized spacial score (nSPS) is 13.2. The van der Waals surface area contributed by atoms with Crippen LogP contribution in [0.4, 0.5) is 0 Å². The van der Waals surface area contributed by atoms with Crippen LogP contribution in [-0.4, -0.2) is 22.2 Å². The van der Waals surface area contributed by atoms with Gasteiger partial charge in [-0.3, -0.25) is 9.59 Å². The number of hydrogen-bond donors (Lipinski definition) is 2. The van der Waals surface area contributed by atoms with Crippen molar-refractivity contribution in [1.29, 1.82) is 0 Å². The summed E-state index contributed by atoms with van der Waals surface area (Å²) in [6.07, 6.45) is -0.0576. The van der Waals surface area contributed by atoms with E-state index in [9.17, 15) is 19.8 Å². The van der Waals surface area contributed by atoms with Crippen molar-refractivity contribution in [3.05, 3.63) is 155 Å². The quantitative estimate of drug-likeness (QED) is 0.230. The van der Waals surface area contributed by atoms with E-state index >= 15 is 0 Å². The lowest BCUT2D eigenvalue weighted by Gasteiger charge is -2.36. The summed E-state index contributed by atoms with van der Waals surface area (Å²) >= 11 is 0. The predicted octanol–water partition coefficient (Wildman–Crippen LogP) is 7.61. The number of rotatable bonds is 6. The van der Waals surface area contributed by atoms with Crippen LogP contribution in [0.25, 0.3) is 32.7 Å². The van der Waals surface area contributed by atoms with Gasteiger partial charge >= 0.3 is 11.9 Å². The van der Waals surface area contributed by atoms with Crippen molar-refractivity contribution in [1.82, 2.24) is 0 Å². The van der Waals surface area contributed by atoms with Crippen LogP contribution in [0.5, 0.6) is 0 Å². The molecule has 0 heterocycles. The van der Waals surface area contributed by atoms with Crippen molar-refractivity contribution in [2.24, 2.45) is 0 Å². The van der Waals surface area contributed by atoms with Gasteiger partial charge in [0.25, 0.3) is 0 Å². The molecule has 0 bridgehead atoms. The van der Waals surface area contributed by atoms with E-state index < -0.39 is 17.4 Å². The molecule has 7 rings (SSSR count). The number of benzene rings is 6. The number of carbonyl (C=O) groups is 2. The predicted molar refractivity (Wildman–Crippen MR) is 161 cm³/mol. The average Bonchev–Trinajstić information content (AvgIpc) is 3.27. The second-order valence-electron chi connectivity index (χ2n) is 10.7. The van der Waals surface area contributed by atoms with Gasteiger partial charge in [-0.15, -0.1) is 0 Å². The summed E-state index contributed by atoms with van der Waals surface area (Å²) in [5.41, 5.74) is 7.85. The SMILES string of the molecule is O=C(O)Cc1ccc2c(C3(c4cccc5cc(CC(=O)O)ccc45)c4ccccc4-c4ccccc43)cccc2c1. The molecule has 0 saturated carbocycles. The van der Waals surface area contributed by atoms with E-state index in [2.05, 4.69) is 84.9 Å². The van der Waals surface area contributed by atoms with Crippen molar-refractivity contribution in [3.63, 3.8) is 0 Å². The lowest BCUT2D eigenvalue weighted by molar-refractivity contribution is -0.137. The molecule has 0 unspecified atom stereocenters. The van der Waals surface area contributed by atoms with Crippen LogP contribution in [0.2, 0.25) is 0 Å². The molecule has 4 heteroatoms. The van der Waals surface area contributed by atoms with Crippen LogP contribution in [-0.2, 0) is 27.8 Å². The highest BCUT2D eigenvalue weighted by Gasteiger charge is 2.47. The minimum Gasteiger partial charge on any atom is -0.481 e. The van der Waals surface area contributed by atoms with Crippen LogP contribution >= 0.6 is 0 Å². The van der Waals surface area contributed by atoms with Gasteiger partial charge in [0.2, 0.25) is 0 Å². The number of aliphatic carboxylic acids is 2. The van der Waals surface area contributed by atoms with E-state index in [1.54, 1.807) is 0 Å². The Bertz CT molecular complexity index is 1870. The molecule has 4 nitrogen and oxygen atoms in total. The zero-order chi connectivity index (χ0) is 28.1. The van der Waals surface area contributed by atoms with Crippen molar-refractivity contribution >= 4 is 33.5 Å². The van der Waals surface area contributed by atoms with Gasteiger partial charge in [-0.25, -0.2) is 0 Å². The Kier molecular flexibility index (Phi) is 5.72. The van der Waals surface area contributed by atoms with Crippen LogP contribution in [0, 0.1) is 0 Å². The van der Waals surface area contributed by atoms with Gasteiger partial charge in [0, 0.05) is 0 Å². The lowest BCUT2D eigenvalue weighted by Crippen LogP contribution is -2.29. The highest BCUT2D eigenvalue weighted by Crippen LogP contribution is 2.58. The first-order valence-electron chi connectivity index (χ1n) is 13.6.